The predicted molar refractivity (Wildman–Crippen MR) is 102 cm³/mol. The second-order valence-corrected chi connectivity index (χ2v) is 6.85. The zero-order valence-corrected chi connectivity index (χ0v) is 15.3. The summed E-state index contributed by atoms with van der Waals surface area (Å²) in [5.74, 6) is -0.146. The molecule has 146 valence electrons. The number of nitrogens with zero attached hydrogens (tertiary/aromatic N) is 5. The Morgan fingerprint density at radius 3 is 2.83 bits per heavy atom. The van der Waals surface area contributed by atoms with E-state index < -0.39 is 5.91 Å². The summed E-state index contributed by atoms with van der Waals surface area (Å²) in [6.07, 6.45) is 5.61. The van der Waals surface area contributed by atoms with Crippen LogP contribution in [0.2, 0.25) is 0 Å². The number of anilines is 2. The molecular formula is C19H17FN8O. The van der Waals surface area contributed by atoms with Crippen LogP contribution in [0.1, 0.15) is 41.0 Å². The van der Waals surface area contributed by atoms with E-state index in [9.17, 15) is 9.18 Å². The number of carbonyl (C=O) groups excluding carboxylic acids is 1. The van der Waals surface area contributed by atoms with Gasteiger partial charge in [0.25, 0.3) is 5.91 Å². The number of aromatic amines is 1. The second kappa shape index (κ2) is 7.63. The number of rotatable bonds is 6. The highest BCUT2D eigenvalue weighted by Gasteiger charge is 2.41. The Kier molecular flexibility index (Phi) is 4.87. The molecule has 0 aliphatic heterocycles. The molecule has 3 aromatic rings. The Bertz CT molecular complexity index is 1070. The van der Waals surface area contributed by atoms with Gasteiger partial charge in [-0.1, -0.05) is 6.42 Å². The quantitative estimate of drug-likeness (QED) is 0.587. The third kappa shape index (κ3) is 3.62. The van der Waals surface area contributed by atoms with Gasteiger partial charge in [0.2, 0.25) is 0 Å². The zero-order chi connectivity index (χ0) is 20.3. The number of H-pyrrole nitrogens is 1. The van der Waals surface area contributed by atoms with Crippen LogP contribution in [0.25, 0.3) is 0 Å². The summed E-state index contributed by atoms with van der Waals surface area (Å²) < 4.78 is 14.2. The van der Waals surface area contributed by atoms with Gasteiger partial charge in [0, 0.05) is 18.2 Å². The molecule has 10 heteroatoms. The van der Waals surface area contributed by atoms with Crippen molar-refractivity contribution in [3.8, 4) is 6.07 Å². The van der Waals surface area contributed by atoms with Crippen LogP contribution in [0, 0.1) is 17.1 Å². The molecule has 0 spiro atoms. The summed E-state index contributed by atoms with van der Waals surface area (Å²) in [4.78, 5) is 16.5. The lowest BCUT2D eigenvalue weighted by molar-refractivity contribution is 0.102. The summed E-state index contributed by atoms with van der Waals surface area (Å²) in [6.45, 7) is 0.473. The predicted octanol–water partition coefficient (Wildman–Crippen LogP) is 2.39. The Hall–Kier alpha value is -3.87. The number of halogens is 1. The first-order chi connectivity index (χ1) is 14.1. The van der Waals surface area contributed by atoms with Crippen molar-refractivity contribution in [1.82, 2.24) is 25.4 Å². The lowest BCUT2D eigenvalue weighted by atomic mass is 9.66. The van der Waals surface area contributed by atoms with Crippen molar-refractivity contribution in [3.63, 3.8) is 0 Å². The number of pyridine rings is 1. The molecular weight excluding hydrogens is 375 g/mol. The van der Waals surface area contributed by atoms with E-state index in [0.717, 1.165) is 19.3 Å². The van der Waals surface area contributed by atoms with Gasteiger partial charge in [-0.3, -0.25) is 14.9 Å². The molecule has 0 bridgehead atoms. The Morgan fingerprint density at radius 1 is 1.31 bits per heavy atom. The first-order valence-corrected chi connectivity index (χ1v) is 9.05. The Labute approximate surface area is 165 Å². The van der Waals surface area contributed by atoms with E-state index in [1.165, 1.54) is 18.3 Å². The van der Waals surface area contributed by atoms with Crippen molar-refractivity contribution < 1.29 is 9.18 Å². The van der Waals surface area contributed by atoms with Crippen LogP contribution in [-0.4, -0.2) is 37.8 Å². The van der Waals surface area contributed by atoms with Crippen molar-refractivity contribution in [1.29, 1.82) is 5.26 Å². The van der Waals surface area contributed by atoms with Gasteiger partial charge < -0.3 is 10.6 Å². The van der Waals surface area contributed by atoms with E-state index >= 15 is 0 Å². The van der Waals surface area contributed by atoms with Crippen LogP contribution in [0.15, 0.2) is 36.7 Å². The molecule has 1 saturated carbocycles. The summed E-state index contributed by atoms with van der Waals surface area (Å²) in [7, 11) is 0. The molecule has 9 nitrogen and oxygen atoms in total. The molecule has 1 aliphatic rings. The lowest BCUT2D eigenvalue weighted by Gasteiger charge is -2.41. The number of hydrogen-bond donors (Lipinski definition) is 3. The highest BCUT2D eigenvalue weighted by Crippen LogP contribution is 2.43. The average molecular weight is 392 g/mol. The number of nitrogens with one attached hydrogen (secondary N) is 3. The highest BCUT2D eigenvalue weighted by atomic mass is 19.1. The van der Waals surface area contributed by atoms with E-state index in [1.54, 1.807) is 18.3 Å². The van der Waals surface area contributed by atoms with Crippen molar-refractivity contribution in [2.24, 2.45) is 0 Å². The van der Waals surface area contributed by atoms with Crippen LogP contribution < -0.4 is 10.6 Å². The zero-order valence-electron chi connectivity index (χ0n) is 15.3. The number of carbonyl (C=O) groups is 1. The van der Waals surface area contributed by atoms with Crippen molar-refractivity contribution in [2.75, 3.05) is 17.2 Å². The second-order valence-electron chi connectivity index (χ2n) is 6.85. The smallest absolute Gasteiger partial charge is 0.277 e. The third-order valence-corrected chi connectivity index (χ3v) is 5.07. The van der Waals surface area contributed by atoms with Gasteiger partial charge in [0.15, 0.2) is 5.69 Å². The molecule has 1 amide bonds. The number of hydrogen-bond acceptors (Lipinski definition) is 7. The van der Waals surface area contributed by atoms with Gasteiger partial charge >= 0.3 is 0 Å². The van der Waals surface area contributed by atoms with Crippen molar-refractivity contribution in [3.05, 3.63) is 59.4 Å². The van der Waals surface area contributed by atoms with Gasteiger partial charge in [0.1, 0.15) is 29.1 Å². The average Bonchev–Trinajstić information content (AvgIpc) is 3.16. The van der Waals surface area contributed by atoms with E-state index in [2.05, 4.69) is 36.0 Å². The lowest BCUT2D eigenvalue weighted by Crippen LogP contribution is -2.42. The minimum atomic E-state index is -0.518. The molecule has 0 aromatic carbocycles. The van der Waals surface area contributed by atoms with Gasteiger partial charge in [-0.05, 0) is 37.1 Å². The fourth-order valence-electron chi connectivity index (χ4n) is 3.33. The Balaban J connectivity index is 1.41. The van der Waals surface area contributed by atoms with Crippen LogP contribution in [0.3, 0.4) is 0 Å². The van der Waals surface area contributed by atoms with E-state index in [-0.39, 0.29) is 28.3 Å². The van der Waals surface area contributed by atoms with Gasteiger partial charge in [-0.25, -0.2) is 4.39 Å². The minimum Gasteiger partial charge on any atom is -0.368 e. The molecule has 0 radical (unpaired) electrons. The highest BCUT2D eigenvalue weighted by molar-refractivity contribution is 6.02. The fraction of sp³-hybridized carbons (Fsp3) is 0.263. The molecule has 3 heterocycles. The standard InChI is InChI=1S/C19H17FN8O/c20-13-3-1-8-22-16(13)19(6-2-7-19)11-23-15-5-4-14(26-27-15)18(29)25-17-12(9-21)10-24-28-17/h1,3-5,8,10H,2,6-7,11H2,(H,23,27)(H2,24,25,28,29). The molecule has 0 unspecified atom stereocenters. The number of aromatic nitrogens is 5. The molecule has 1 aliphatic carbocycles. The fourth-order valence-corrected chi connectivity index (χ4v) is 3.33. The third-order valence-electron chi connectivity index (χ3n) is 5.07. The maximum atomic E-state index is 14.2. The largest absolute Gasteiger partial charge is 0.368 e. The van der Waals surface area contributed by atoms with Gasteiger partial charge in [-0.2, -0.15) is 10.4 Å². The Morgan fingerprint density at radius 2 is 2.17 bits per heavy atom. The maximum absolute atomic E-state index is 14.2. The molecule has 29 heavy (non-hydrogen) atoms. The van der Waals surface area contributed by atoms with E-state index in [4.69, 9.17) is 5.26 Å². The number of nitriles is 1. The SMILES string of the molecule is N#Cc1cn[nH]c1NC(=O)c1ccc(NCC2(c3ncccc3F)CCC2)nn1. The van der Waals surface area contributed by atoms with Crippen LogP contribution in [0.4, 0.5) is 16.0 Å². The molecule has 4 rings (SSSR count). The summed E-state index contributed by atoms with van der Waals surface area (Å²) in [5.41, 5.74) is 0.410. The molecule has 3 N–H and O–H groups in total. The van der Waals surface area contributed by atoms with Crippen molar-refractivity contribution in [2.45, 2.75) is 24.7 Å². The summed E-state index contributed by atoms with van der Waals surface area (Å²) in [5, 5.41) is 28.8. The van der Waals surface area contributed by atoms with Gasteiger partial charge in [0.05, 0.1) is 11.9 Å². The van der Waals surface area contributed by atoms with Crippen LogP contribution in [-0.2, 0) is 5.41 Å². The summed E-state index contributed by atoms with van der Waals surface area (Å²) in [6, 6.07) is 8.06. The topological polar surface area (TPSA) is 132 Å². The van der Waals surface area contributed by atoms with E-state index in [0.29, 0.717) is 18.1 Å². The van der Waals surface area contributed by atoms with Crippen LogP contribution >= 0.6 is 0 Å². The molecule has 0 saturated heterocycles. The molecule has 1 fully saturated rings. The van der Waals surface area contributed by atoms with E-state index in [1.807, 2.05) is 6.07 Å². The first-order valence-electron chi connectivity index (χ1n) is 9.05. The van der Waals surface area contributed by atoms with Crippen molar-refractivity contribution >= 4 is 17.5 Å². The van der Waals surface area contributed by atoms with Gasteiger partial charge in [-0.15, -0.1) is 10.2 Å². The van der Waals surface area contributed by atoms with Crippen LogP contribution in [0.5, 0.6) is 0 Å². The first kappa shape index (κ1) is 18.5. The summed E-state index contributed by atoms with van der Waals surface area (Å²) >= 11 is 0. The monoisotopic (exact) mass is 392 g/mol. The maximum Gasteiger partial charge on any atom is 0.277 e. The number of amides is 1. The molecule has 0 atom stereocenters. The molecule has 3 aromatic heterocycles. The minimum absolute atomic E-state index is 0.0863. The normalized spacial score (nSPS) is 14.5.